The van der Waals surface area contributed by atoms with Gasteiger partial charge in [-0.15, -0.1) is 11.3 Å². The van der Waals surface area contributed by atoms with Crippen molar-refractivity contribution in [2.24, 2.45) is 0 Å². The summed E-state index contributed by atoms with van der Waals surface area (Å²) >= 11 is 1.36. The smallest absolute Gasteiger partial charge is 0.262 e. The zero-order chi connectivity index (χ0) is 21.1. The number of hydrogen-bond acceptors (Lipinski definition) is 5. The SMILES string of the molecule is O=C(CCn1cnc2sccc2c1=O)N(Cc1ccccn1)c1ccc(F)cc1F. The fourth-order valence-electron chi connectivity index (χ4n) is 3.07. The Labute approximate surface area is 174 Å². The molecule has 0 aliphatic heterocycles. The molecule has 1 amide bonds. The Balaban J connectivity index is 1.59. The van der Waals surface area contributed by atoms with E-state index in [-0.39, 0.29) is 30.8 Å². The minimum absolute atomic E-state index is 0.0128. The van der Waals surface area contributed by atoms with E-state index in [0.717, 1.165) is 12.1 Å². The van der Waals surface area contributed by atoms with E-state index in [0.29, 0.717) is 15.9 Å². The van der Waals surface area contributed by atoms with Crippen molar-refractivity contribution in [3.05, 3.63) is 88.1 Å². The summed E-state index contributed by atoms with van der Waals surface area (Å²) in [4.78, 5) is 35.7. The summed E-state index contributed by atoms with van der Waals surface area (Å²) in [6.45, 7) is 0.0942. The number of nitrogens with zero attached hydrogens (tertiary/aromatic N) is 4. The van der Waals surface area contributed by atoms with Crippen molar-refractivity contribution in [1.29, 1.82) is 0 Å². The summed E-state index contributed by atoms with van der Waals surface area (Å²) in [6.07, 6.45) is 2.90. The largest absolute Gasteiger partial charge is 0.304 e. The molecule has 3 heterocycles. The van der Waals surface area contributed by atoms with E-state index in [1.807, 2.05) is 0 Å². The van der Waals surface area contributed by atoms with Crippen molar-refractivity contribution >= 4 is 33.1 Å². The molecule has 0 radical (unpaired) electrons. The van der Waals surface area contributed by atoms with Crippen LogP contribution in [0.2, 0.25) is 0 Å². The molecule has 0 fully saturated rings. The zero-order valence-corrected chi connectivity index (χ0v) is 16.5. The van der Waals surface area contributed by atoms with Gasteiger partial charge < -0.3 is 4.90 Å². The highest BCUT2D eigenvalue weighted by Gasteiger charge is 2.21. The third-order valence-electron chi connectivity index (χ3n) is 4.56. The average Bonchev–Trinajstić information content (AvgIpc) is 3.22. The van der Waals surface area contributed by atoms with E-state index in [4.69, 9.17) is 0 Å². The van der Waals surface area contributed by atoms with Crippen LogP contribution in [0.4, 0.5) is 14.5 Å². The Kier molecular flexibility index (Phi) is 5.62. The Hall–Kier alpha value is -3.46. The molecule has 0 bridgehead atoms. The number of aromatic nitrogens is 3. The molecule has 30 heavy (non-hydrogen) atoms. The molecule has 0 spiro atoms. The first-order chi connectivity index (χ1) is 14.5. The number of amides is 1. The standard InChI is InChI=1S/C21H16F2N4O2S/c22-14-4-5-18(17(23)11-14)27(12-15-3-1-2-8-24-15)19(28)6-9-26-13-25-20-16(21(26)29)7-10-30-20/h1-5,7-8,10-11,13H,6,9,12H2. The molecule has 0 atom stereocenters. The van der Waals surface area contributed by atoms with Gasteiger partial charge in [-0.3, -0.25) is 19.1 Å². The predicted octanol–water partition coefficient (Wildman–Crippen LogP) is 3.75. The monoisotopic (exact) mass is 426 g/mol. The van der Waals surface area contributed by atoms with Gasteiger partial charge in [0.05, 0.1) is 29.6 Å². The third kappa shape index (κ3) is 4.11. The van der Waals surface area contributed by atoms with Gasteiger partial charge in [0.25, 0.3) is 5.56 Å². The summed E-state index contributed by atoms with van der Waals surface area (Å²) in [5.74, 6) is -2.01. The fourth-order valence-corrected chi connectivity index (χ4v) is 3.79. The van der Waals surface area contributed by atoms with Gasteiger partial charge in [0.1, 0.15) is 16.5 Å². The average molecular weight is 426 g/mol. The lowest BCUT2D eigenvalue weighted by Gasteiger charge is -2.23. The summed E-state index contributed by atoms with van der Waals surface area (Å²) in [5, 5.41) is 2.27. The molecule has 3 aromatic heterocycles. The van der Waals surface area contributed by atoms with Crippen LogP contribution in [0.5, 0.6) is 0 Å². The third-order valence-corrected chi connectivity index (χ3v) is 5.39. The van der Waals surface area contributed by atoms with Gasteiger partial charge in [-0.05, 0) is 35.7 Å². The van der Waals surface area contributed by atoms with Crippen LogP contribution in [-0.2, 0) is 17.9 Å². The number of benzene rings is 1. The lowest BCUT2D eigenvalue weighted by Crippen LogP contribution is -2.33. The van der Waals surface area contributed by atoms with Crippen molar-refractivity contribution in [2.45, 2.75) is 19.5 Å². The number of aryl methyl sites for hydroxylation is 1. The zero-order valence-electron chi connectivity index (χ0n) is 15.7. The molecule has 0 N–H and O–H groups in total. The molecule has 4 aromatic rings. The molecular weight excluding hydrogens is 410 g/mol. The van der Waals surface area contributed by atoms with Gasteiger partial charge in [0.2, 0.25) is 5.91 Å². The lowest BCUT2D eigenvalue weighted by atomic mass is 10.2. The molecule has 1 aromatic carbocycles. The number of carbonyl (C=O) groups is 1. The first kappa shape index (κ1) is 19.8. The molecule has 0 unspecified atom stereocenters. The normalized spacial score (nSPS) is 11.0. The van der Waals surface area contributed by atoms with Gasteiger partial charge in [-0.25, -0.2) is 13.8 Å². The molecule has 0 aliphatic rings. The van der Waals surface area contributed by atoms with E-state index < -0.39 is 17.5 Å². The van der Waals surface area contributed by atoms with Gasteiger partial charge in [-0.1, -0.05) is 6.07 Å². The Morgan fingerprint density at radius 3 is 2.77 bits per heavy atom. The van der Waals surface area contributed by atoms with E-state index >= 15 is 0 Å². The number of pyridine rings is 1. The number of thiophene rings is 1. The minimum Gasteiger partial charge on any atom is -0.304 e. The second kappa shape index (κ2) is 8.50. The van der Waals surface area contributed by atoms with Crippen molar-refractivity contribution < 1.29 is 13.6 Å². The number of carbonyl (C=O) groups excluding carboxylic acids is 1. The summed E-state index contributed by atoms with van der Waals surface area (Å²) < 4.78 is 29.1. The fraction of sp³-hybridized carbons (Fsp3) is 0.143. The van der Waals surface area contributed by atoms with E-state index in [1.165, 1.54) is 33.2 Å². The topological polar surface area (TPSA) is 68.1 Å². The molecule has 0 saturated carbocycles. The second-order valence-electron chi connectivity index (χ2n) is 6.53. The van der Waals surface area contributed by atoms with Gasteiger partial charge in [0.15, 0.2) is 0 Å². The first-order valence-electron chi connectivity index (χ1n) is 9.11. The number of halogens is 2. The maximum absolute atomic E-state index is 14.4. The van der Waals surface area contributed by atoms with Crippen LogP contribution >= 0.6 is 11.3 Å². The van der Waals surface area contributed by atoms with Crippen LogP contribution in [-0.4, -0.2) is 20.4 Å². The number of rotatable bonds is 6. The van der Waals surface area contributed by atoms with Crippen LogP contribution in [0.25, 0.3) is 10.2 Å². The highest BCUT2D eigenvalue weighted by molar-refractivity contribution is 7.16. The Morgan fingerprint density at radius 2 is 2.00 bits per heavy atom. The second-order valence-corrected chi connectivity index (χ2v) is 7.42. The first-order valence-corrected chi connectivity index (χ1v) is 9.99. The molecular formula is C21H16F2N4O2S. The van der Waals surface area contributed by atoms with Gasteiger partial charge in [0, 0.05) is 25.2 Å². The maximum atomic E-state index is 14.4. The van der Waals surface area contributed by atoms with Crippen molar-refractivity contribution in [1.82, 2.24) is 14.5 Å². The van der Waals surface area contributed by atoms with E-state index in [9.17, 15) is 18.4 Å². The van der Waals surface area contributed by atoms with E-state index in [1.54, 1.807) is 35.8 Å². The summed E-state index contributed by atoms with van der Waals surface area (Å²) in [5.41, 5.74) is 0.261. The molecule has 0 aliphatic carbocycles. The van der Waals surface area contributed by atoms with Crippen LogP contribution in [0.15, 0.2) is 65.2 Å². The van der Waals surface area contributed by atoms with Crippen molar-refractivity contribution in [3.8, 4) is 0 Å². The van der Waals surface area contributed by atoms with Crippen molar-refractivity contribution in [3.63, 3.8) is 0 Å². The molecule has 4 rings (SSSR count). The number of hydrogen-bond donors (Lipinski definition) is 0. The Bertz CT molecular complexity index is 1260. The van der Waals surface area contributed by atoms with Gasteiger partial charge in [-0.2, -0.15) is 0 Å². The molecule has 152 valence electrons. The van der Waals surface area contributed by atoms with Crippen LogP contribution < -0.4 is 10.5 Å². The molecule has 6 nitrogen and oxygen atoms in total. The highest BCUT2D eigenvalue weighted by atomic mass is 32.1. The number of anilines is 1. The highest BCUT2D eigenvalue weighted by Crippen LogP contribution is 2.23. The maximum Gasteiger partial charge on any atom is 0.262 e. The predicted molar refractivity (Wildman–Crippen MR) is 110 cm³/mol. The minimum atomic E-state index is -0.849. The summed E-state index contributed by atoms with van der Waals surface area (Å²) in [6, 6.07) is 9.93. The van der Waals surface area contributed by atoms with Crippen LogP contribution in [0.1, 0.15) is 12.1 Å². The Morgan fingerprint density at radius 1 is 1.13 bits per heavy atom. The van der Waals surface area contributed by atoms with Crippen LogP contribution in [0.3, 0.4) is 0 Å². The molecule has 0 saturated heterocycles. The summed E-state index contributed by atoms with van der Waals surface area (Å²) in [7, 11) is 0. The molecule has 9 heteroatoms. The number of fused-ring (bicyclic) bond motifs is 1. The van der Waals surface area contributed by atoms with Crippen LogP contribution in [0, 0.1) is 11.6 Å². The van der Waals surface area contributed by atoms with Gasteiger partial charge >= 0.3 is 0 Å². The van der Waals surface area contributed by atoms with Crippen molar-refractivity contribution in [2.75, 3.05) is 4.90 Å². The lowest BCUT2D eigenvalue weighted by molar-refractivity contribution is -0.119. The quantitative estimate of drug-likeness (QED) is 0.471. The van der Waals surface area contributed by atoms with E-state index in [2.05, 4.69) is 9.97 Å².